The molecule has 1 atom stereocenters. The lowest BCUT2D eigenvalue weighted by Crippen LogP contribution is -2.45. The van der Waals surface area contributed by atoms with E-state index in [9.17, 15) is 9.90 Å². The van der Waals surface area contributed by atoms with Crippen LogP contribution >= 0.6 is 12.2 Å². The third kappa shape index (κ3) is 4.09. The summed E-state index contributed by atoms with van der Waals surface area (Å²) in [6.07, 6.45) is 0. The summed E-state index contributed by atoms with van der Waals surface area (Å²) in [4.78, 5) is 13.1. The van der Waals surface area contributed by atoms with Crippen molar-refractivity contribution < 1.29 is 14.6 Å². The molecule has 4 N–H and O–H groups in total. The number of aromatic hydroxyl groups is 1. The highest BCUT2D eigenvalue weighted by Crippen LogP contribution is 2.34. The van der Waals surface area contributed by atoms with Gasteiger partial charge in [0, 0.05) is 11.4 Å². The van der Waals surface area contributed by atoms with Gasteiger partial charge in [0.25, 0.3) is 5.91 Å². The number of carbonyl (C=O) groups excluding carboxylic acids is 1. The lowest BCUT2D eigenvalue weighted by atomic mass is 9.94. The number of nitrogens with one attached hydrogen (secondary N) is 3. The highest BCUT2D eigenvalue weighted by Gasteiger charge is 2.30. The van der Waals surface area contributed by atoms with Gasteiger partial charge in [0.2, 0.25) is 0 Å². The molecule has 0 aromatic heterocycles. The summed E-state index contributed by atoms with van der Waals surface area (Å²) in [6, 6.07) is 12.2. The molecule has 3 rings (SSSR count). The number of phenols is 1. The molecule has 6 nitrogen and oxygen atoms in total. The second-order valence-electron chi connectivity index (χ2n) is 6.50. The van der Waals surface area contributed by atoms with Gasteiger partial charge < -0.3 is 25.8 Å². The Labute approximate surface area is 169 Å². The van der Waals surface area contributed by atoms with Gasteiger partial charge in [-0.05, 0) is 62.3 Å². The zero-order valence-corrected chi connectivity index (χ0v) is 16.8. The summed E-state index contributed by atoms with van der Waals surface area (Å²) in [6.45, 7) is 6.02. The van der Waals surface area contributed by atoms with E-state index >= 15 is 0 Å². The smallest absolute Gasteiger partial charge is 0.255 e. The minimum atomic E-state index is -0.474. The van der Waals surface area contributed by atoms with E-state index in [4.69, 9.17) is 17.0 Å². The van der Waals surface area contributed by atoms with E-state index in [0.717, 1.165) is 16.8 Å². The molecule has 0 bridgehead atoms. The van der Waals surface area contributed by atoms with Crippen molar-refractivity contribution in [3.05, 3.63) is 64.9 Å². The Kier molecular flexibility index (Phi) is 5.84. The first-order chi connectivity index (χ1) is 13.4. The fraction of sp³-hybridized carbons (Fsp3) is 0.238. The van der Waals surface area contributed by atoms with Crippen LogP contribution in [-0.2, 0) is 4.79 Å². The highest BCUT2D eigenvalue weighted by atomic mass is 32.1. The van der Waals surface area contributed by atoms with Gasteiger partial charge in [0.1, 0.15) is 0 Å². The largest absolute Gasteiger partial charge is 0.504 e. The molecule has 1 aliphatic rings. The van der Waals surface area contributed by atoms with Gasteiger partial charge in [0.05, 0.1) is 18.2 Å². The normalized spacial score (nSPS) is 16.2. The van der Waals surface area contributed by atoms with Crippen molar-refractivity contribution in [2.45, 2.75) is 26.8 Å². The molecule has 2 aromatic rings. The van der Waals surface area contributed by atoms with Gasteiger partial charge in [-0.15, -0.1) is 0 Å². The zero-order valence-electron chi connectivity index (χ0n) is 16.0. The van der Waals surface area contributed by atoms with Crippen LogP contribution in [0.5, 0.6) is 11.5 Å². The second kappa shape index (κ2) is 8.31. The monoisotopic (exact) mass is 397 g/mol. The Bertz CT molecular complexity index is 956. The van der Waals surface area contributed by atoms with Gasteiger partial charge in [-0.2, -0.15) is 0 Å². The van der Waals surface area contributed by atoms with Gasteiger partial charge in [-0.3, -0.25) is 4.79 Å². The standard InChI is InChI=1S/C21H23N3O3S/c1-4-27-17-11-14(9-10-16(17)25)19-18(13(3)22-21(28)24-19)20(26)23-15-8-6-5-7-12(15)2/h5-11,19,25H,4H2,1-3H3,(H,23,26)(H2,22,24,28)/t19-/m0/s1. The third-order valence-corrected chi connectivity index (χ3v) is 4.74. The maximum Gasteiger partial charge on any atom is 0.255 e. The summed E-state index contributed by atoms with van der Waals surface area (Å²) in [7, 11) is 0. The number of hydrogen-bond acceptors (Lipinski definition) is 4. The Morgan fingerprint density at radius 1 is 1.25 bits per heavy atom. The molecule has 7 heteroatoms. The number of hydrogen-bond donors (Lipinski definition) is 4. The second-order valence-corrected chi connectivity index (χ2v) is 6.91. The summed E-state index contributed by atoms with van der Waals surface area (Å²) < 4.78 is 5.49. The molecule has 0 saturated carbocycles. The SMILES string of the molecule is CCOc1cc([C@@H]2NC(=S)NC(C)=C2C(=O)Nc2ccccc2C)ccc1O. The van der Waals surface area contributed by atoms with Gasteiger partial charge in [-0.1, -0.05) is 24.3 Å². The van der Waals surface area contributed by atoms with Crippen LogP contribution < -0.4 is 20.7 Å². The van der Waals surface area contributed by atoms with Crippen molar-refractivity contribution >= 4 is 28.9 Å². The first-order valence-electron chi connectivity index (χ1n) is 9.01. The number of rotatable bonds is 5. The number of thiocarbonyl (C=S) groups is 1. The Balaban J connectivity index is 1.98. The number of para-hydroxylation sites is 1. The van der Waals surface area contributed by atoms with E-state index in [1.807, 2.05) is 45.0 Å². The van der Waals surface area contributed by atoms with Gasteiger partial charge >= 0.3 is 0 Å². The van der Waals surface area contributed by atoms with E-state index in [2.05, 4.69) is 16.0 Å². The van der Waals surface area contributed by atoms with Crippen LogP contribution in [0.3, 0.4) is 0 Å². The predicted octanol–water partition coefficient (Wildman–Crippen LogP) is 3.53. The maximum atomic E-state index is 13.1. The highest BCUT2D eigenvalue weighted by molar-refractivity contribution is 7.80. The van der Waals surface area contributed by atoms with Gasteiger partial charge in [-0.25, -0.2) is 0 Å². The van der Waals surface area contributed by atoms with Crippen molar-refractivity contribution in [3.63, 3.8) is 0 Å². The van der Waals surface area contributed by atoms with Crippen LogP contribution in [0.25, 0.3) is 0 Å². The van der Waals surface area contributed by atoms with Crippen LogP contribution in [-0.4, -0.2) is 22.7 Å². The van der Waals surface area contributed by atoms with Crippen LogP contribution in [0, 0.1) is 6.92 Å². The van der Waals surface area contributed by atoms with E-state index in [0.29, 0.717) is 28.7 Å². The molecule has 0 unspecified atom stereocenters. The number of ether oxygens (including phenoxy) is 1. The minimum Gasteiger partial charge on any atom is -0.504 e. The zero-order chi connectivity index (χ0) is 20.3. The first-order valence-corrected chi connectivity index (χ1v) is 9.42. The van der Waals surface area contributed by atoms with E-state index in [-0.39, 0.29) is 11.7 Å². The Morgan fingerprint density at radius 2 is 2.00 bits per heavy atom. The molecule has 1 heterocycles. The van der Waals surface area contributed by atoms with E-state index < -0.39 is 6.04 Å². The number of aryl methyl sites for hydroxylation is 1. The number of carbonyl (C=O) groups is 1. The van der Waals surface area contributed by atoms with Crippen molar-refractivity contribution in [1.82, 2.24) is 10.6 Å². The molecular formula is C21H23N3O3S. The number of allylic oxidation sites excluding steroid dienone is 1. The van der Waals surface area contributed by atoms with E-state index in [1.165, 1.54) is 0 Å². The number of amides is 1. The van der Waals surface area contributed by atoms with Gasteiger partial charge in [0.15, 0.2) is 16.6 Å². The maximum absolute atomic E-state index is 13.1. The molecule has 1 aliphatic heterocycles. The quantitative estimate of drug-likeness (QED) is 0.578. The molecule has 0 spiro atoms. The molecule has 0 aliphatic carbocycles. The predicted molar refractivity (Wildman–Crippen MR) is 113 cm³/mol. The van der Waals surface area contributed by atoms with E-state index in [1.54, 1.807) is 18.2 Å². The lowest BCUT2D eigenvalue weighted by molar-refractivity contribution is -0.113. The van der Waals surface area contributed by atoms with Crippen molar-refractivity contribution in [1.29, 1.82) is 0 Å². The average Bonchev–Trinajstić information content (AvgIpc) is 2.65. The molecular weight excluding hydrogens is 374 g/mol. The van der Waals surface area contributed by atoms with Crippen molar-refractivity contribution in [2.75, 3.05) is 11.9 Å². The number of anilines is 1. The molecule has 146 valence electrons. The molecule has 0 saturated heterocycles. The first kappa shape index (κ1) is 19.7. The fourth-order valence-electron chi connectivity index (χ4n) is 3.13. The number of benzene rings is 2. The van der Waals surface area contributed by atoms with Crippen LogP contribution in [0.4, 0.5) is 5.69 Å². The van der Waals surface area contributed by atoms with Crippen LogP contribution in [0.2, 0.25) is 0 Å². The molecule has 28 heavy (non-hydrogen) atoms. The Hall–Kier alpha value is -3.06. The molecule has 0 fully saturated rings. The van der Waals surface area contributed by atoms with Crippen molar-refractivity contribution in [3.8, 4) is 11.5 Å². The molecule has 0 radical (unpaired) electrons. The fourth-order valence-corrected chi connectivity index (χ4v) is 3.40. The Morgan fingerprint density at radius 3 is 2.71 bits per heavy atom. The van der Waals surface area contributed by atoms with Crippen molar-refractivity contribution in [2.24, 2.45) is 0 Å². The third-order valence-electron chi connectivity index (χ3n) is 4.52. The summed E-state index contributed by atoms with van der Waals surface area (Å²) in [5.74, 6) is 0.182. The lowest BCUT2D eigenvalue weighted by Gasteiger charge is -2.30. The summed E-state index contributed by atoms with van der Waals surface area (Å²) >= 11 is 5.29. The average molecular weight is 398 g/mol. The minimum absolute atomic E-state index is 0.0497. The molecule has 1 amide bonds. The van der Waals surface area contributed by atoms with Crippen LogP contribution in [0.15, 0.2) is 53.7 Å². The summed E-state index contributed by atoms with van der Waals surface area (Å²) in [5, 5.41) is 19.6. The molecule has 2 aromatic carbocycles. The summed E-state index contributed by atoms with van der Waals surface area (Å²) in [5.41, 5.74) is 3.68. The topological polar surface area (TPSA) is 82.6 Å². The van der Waals surface area contributed by atoms with Crippen LogP contribution in [0.1, 0.15) is 31.0 Å². The number of phenolic OH excluding ortho intramolecular Hbond substituents is 1.